The molecule has 1 aromatic carbocycles. The smallest absolute Gasteiger partial charge is 0.225 e. The zero-order valence-electron chi connectivity index (χ0n) is 14.7. The molecule has 0 saturated carbocycles. The summed E-state index contributed by atoms with van der Waals surface area (Å²) in [5.41, 5.74) is 2.21. The van der Waals surface area contributed by atoms with Crippen LogP contribution in [0.2, 0.25) is 0 Å². The molecule has 0 aliphatic carbocycles. The van der Waals surface area contributed by atoms with E-state index in [1.165, 1.54) is 0 Å². The summed E-state index contributed by atoms with van der Waals surface area (Å²) in [6, 6.07) is 8.28. The van der Waals surface area contributed by atoms with Crippen molar-refractivity contribution in [1.82, 2.24) is 19.8 Å². The Kier molecular flexibility index (Phi) is 5.16. The molecule has 2 heterocycles. The number of likely N-dealkylation sites (tertiary alicyclic amines) is 1. The van der Waals surface area contributed by atoms with Gasteiger partial charge in [-0.25, -0.2) is 4.98 Å². The highest BCUT2D eigenvalue weighted by molar-refractivity contribution is 5.89. The number of rotatable bonds is 6. The summed E-state index contributed by atoms with van der Waals surface area (Å²) in [5, 5.41) is 2.97. The second-order valence-electron chi connectivity index (χ2n) is 6.81. The number of nitrogens with zero attached hydrogens (tertiary/aromatic N) is 3. The van der Waals surface area contributed by atoms with Crippen molar-refractivity contribution < 1.29 is 9.59 Å². The SMILES string of the molecule is CC(C)N1C[C@@H](C(=O)NCc2cccc(Cn3ccnc3)c2)CC1=O. The summed E-state index contributed by atoms with van der Waals surface area (Å²) >= 11 is 0. The summed E-state index contributed by atoms with van der Waals surface area (Å²) in [5.74, 6) is -0.224. The lowest BCUT2D eigenvalue weighted by Crippen LogP contribution is -2.35. The molecule has 132 valence electrons. The predicted molar refractivity (Wildman–Crippen MR) is 94.6 cm³/mol. The zero-order valence-corrected chi connectivity index (χ0v) is 14.7. The molecule has 0 bridgehead atoms. The van der Waals surface area contributed by atoms with E-state index < -0.39 is 0 Å². The van der Waals surface area contributed by atoms with Gasteiger partial charge in [-0.2, -0.15) is 0 Å². The highest BCUT2D eigenvalue weighted by Crippen LogP contribution is 2.20. The first-order valence-corrected chi connectivity index (χ1v) is 8.63. The Morgan fingerprint density at radius 2 is 2.16 bits per heavy atom. The number of nitrogens with one attached hydrogen (secondary N) is 1. The van der Waals surface area contributed by atoms with Gasteiger partial charge in [0, 0.05) is 44.5 Å². The molecule has 6 heteroatoms. The molecule has 1 aliphatic heterocycles. The molecule has 3 rings (SSSR count). The first-order chi connectivity index (χ1) is 12.0. The summed E-state index contributed by atoms with van der Waals surface area (Å²) in [4.78, 5) is 30.1. The van der Waals surface area contributed by atoms with E-state index in [0.717, 1.165) is 17.7 Å². The number of amides is 2. The topological polar surface area (TPSA) is 67.2 Å². The molecule has 6 nitrogen and oxygen atoms in total. The lowest BCUT2D eigenvalue weighted by atomic mass is 10.1. The van der Waals surface area contributed by atoms with Gasteiger partial charge in [0.2, 0.25) is 11.8 Å². The highest BCUT2D eigenvalue weighted by Gasteiger charge is 2.35. The largest absolute Gasteiger partial charge is 0.352 e. The van der Waals surface area contributed by atoms with Gasteiger partial charge in [-0.15, -0.1) is 0 Å². The average molecular weight is 340 g/mol. The van der Waals surface area contributed by atoms with Crippen LogP contribution in [0, 0.1) is 5.92 Å². The van der Waals surface area contributed by atoms with Gasteiger partial charge < -0.3 is 14.8 Å². The molecule has 1 aliphatic rings. The molecule has 1 N–H and O–H groups in total. The van der Waals surface area contributed by atoms with E-state index >= 15 is 0 Å². The third-order valence-corrected chi connectivity index (χ3v) is 4.54. The lowest BCUT2D eigenvalue weighted by molar-refractivity contribution is -0.129. The molecular formula is C19H24N4O2. The van der Waals surface area contributed by atoms with Gasteiger partial charge in [-0.05, 0) is 25.0 Å². The fourth-order valence-electron chi connectivity index (χ4n) is 3.17. The van der Waals surface area contributed by atoms with Crippen LogP contribution in [0.1, 0.15) is 31.4 Å². The number of carbonyl (C=O) groups excluding carboxylic acids is 2. The average Bonchev–Trinajstić information content (AvgIpc) is 3.22. The van der Waals surface area contributed by atoms with Gasteiger partial charge in [-0.1, -0.05) is 24.3 Å². The number of hydrogen-bond acceptors (Lipinski definition) is 3. The van der Waals surface area contributed by atoms with Crippen molar-refractivity contribution in [1.29, 1.82) is 0 Å². The standard InChI is InChI=1S/C19H24N4O2/c1-14(2)23-12-17(9-18(23)24)19(25)21-10-15-4-3-5-16(8-15)11-22-7-6-20-13-22/h3-8,13-14,17H,9-12H2,1-2H3,(H,21,25)/t17-/m0/s1. The Morgan fingerprint density at radius 3 is 2.84 bits per heavy atom. The normalized spacial score (nSPS) is 17.3. The van der Waals surface area contributed by atoms with E-state index in [9.17, 15) is 9.59 Å². The number of aromatic nitrogens is 2. The number of carbonyl (C=O) groups is 2. The fourth-order valence-corrected chi connectivity index (χ4v) is 3.17. The van der Waals surface area contributed by atoms with Gasteiger partial charge in [0.25, 0.3) is 0 Å². The number of benzene rings is 1. The lowest BCUT2D eigenvalue weighted by Gasteiger charge is -2.20. The minimum absolute atomic E-state index is 0.0449. The van der Waals surface area contributed by atoms with E-state index in [-0.39, 0.29) is 23.8 Å². The quantitative estimate of drug-likeness (QED) is 0.872. The Balaban J connectivity index is 1.55. The van der Waals surface area contributed by atoms with Crippen molar-refractivity contribution >= 4 is 11.8 Å². The van der Waals surface area contributed by atoms with E-state index in [4.69, 9.17) is 0 Å². The molecule has 0 spiro atoms. The van der Waals surface area contributed by atoms with Crippen LogP contribution in [-0.2, 0) is 22.7 Å². The maximum atomic E-state index is 12.4. The van der Waals surface area contributed by atoms with Gasteiger partial charge in [0.15, 0.2) is 0 Å². The molecule has 0 radical (unpaired) electrons. The van der Waals surface area contributed by atoms with Crippen LogP contribution >= 0.6 is 0 Å². The van der Waals surface area contributed by atoms with Gasteiger partial charge >= 0.3 is 0 Å². The Hall–Kier alpha value is -2.63. The number of hydrogen-bond donors (Lipinski definition) is 1. The minimum Gasteiger partial charge on any atom is -0.352 e. The summed E-state index contributed by atoms with van der Waals surface area (Å²) < 4.78 is 2.00. The van der Waals surface area contributed by atoms with Crippen molar-refractivity contribution in [3.05, 3.63) is 54.1 Å². The Labute approximate surface area is 147 Å². The second kappa shape index (κ2) is 7.51. The molecule has 1 aromatic heterocycles. The second-order valence-corrected chi connectivity index (χ2v) is 6.81. The van der Waals surface area contributed by atoms with Crippen molar-refractivity contribution in [2.24, 2.45) is 5.92 Å². The summed E-state index contributed by atoms with van der Waals surface area (Å²) in [7, 11) is 0. The van der Waals surface area contributed by atoms with Crippen LogP contribution in [0.25, 0.3) is 0 Å². The van der Waals surface area contributed by atoms with Gasteiger partial charge in [-0.3, -0.25) is 9.59 Å². The zero-order chi connectivity index (χ0) is 17.8. The van der Waals surface area contributed by atoms with E-state index in [1.54, 1.807) is 17.4 Å². The van der Waals surface area contributed by atoms with Crippen LogP contribution in [0.4, 0.5) is 0 Å². The molecule has 1 atom stereocenters. The summed E-state index contributed by atoms with van der Waals surface area (Å²) in [6.45, 7) is 5.70. The summed E-state index contributed by atoms with van der Waals surface area (Å²) in [6.07, 6.45) is 5.77. The van der Waals surface area contributed by atoms with Crippen LogP contribution in [0.15, 0.2) is 43.0 Å². The molecule has 1 fully saturated rings. The van der Waals surface area contributed by atoms with E-state index in [0.29, 0.717) is 19.5 Å². The monoisotopic (exact) mass is 340 g/mol. The van der Waals surface area contributed by atoms with Crippen LogP contribution in [0.5, 0.6) is 0 Å². The minimum atomic E-state index is -0.246. The van der Waals surface area contributed by atoms with Gasteiger partial charge in [0.05, 0.1) is 12.2 Å². The highest BCUT2D eigenvalue weighted by atomic mass is 16.2. The van der Waals surface area contributed by atoms with E-state index in [1.807, 2.05) is 36.7 Å². The van der Waals surface area contributed by atoms with E-state index in [2.05, 4.69) is 22.4 Å². The molecule has 2 aromatic rings. The first-order valence-electron chi connectivity index (χ1n) is 8.63. The van der Waals surface area contributed by atoms with Crippen molar-refractivity contribution in [3.63, 3.8) is 0 Å². The Morgan fingerprint density at radius 1 is 1.36 bits per heavy atom. The van der Waals surface area contributed by atoms with Crippen molar-refractivity contribution in [3.8, 4) is 0 Å². The fraction of sp³-hybridized carbons (Fsp3) is 0.421. The molecule has 0 unspecified atom stereocenters. The maximum Gasteiger partial charge on any atom is 0.225 e. The molecular weight excluding hydrogens is 316 g/mol. The maximum absolute atomic E-state index is 12.4. The molecule has 2 amide bonds. The van der Waals surface area contributed by atoms with Crippen molar-refractivity contribution in [2.45, 2.75) is 39.4 Å². The number of imidazole rings is 1. The van der Waals surface area contributed by atoms with Crippen molar-refractivity contribution in [2.75, 3.05) is 6.54 Å². The third-order valence-electron chi connectivity index (χ3n) is 4.54. The van der Waals surface area contributed by atoms with Crippen LogP contribution in [-0.4, -0.2) is 38.9 Å². The molecule has 25 heavy (non-hydrogen) atoms. The first kappa shape index (κ1) is 17.2. The van der Waals surface area contributed by atoms with Crippen LogP contribution in [0.3, 0.4) is 0 Å². The Bertz CT molecular complexity index is 740. The molecule has 1 saturated heterocycles. The van der Waals surface area contributed by atoms with Crippen LogP contribution < -0.4 is 5.32 Å². The third kappa shape index (κ3) is 4.26. The van der Waals surface area contributed by atoms with Gasteiger partial charge in [0.1, 0.15) is 0 Å². The predicted octanol–water partition coefficient (Wildman–Crippen LogP) is 1.80.